The van der Waals surface area contributed by atoms with E-state index in [-0.39, 0.29) is 18.1 Å². The van der Waals surface area contributed by atoms with Crippen LogP contribution in [0.1, 0.15) is 80.1 Å². The zero-order chi connectivity index (χ0) is 18.6. The predicted octanol–water partition coefficient (Wildman–Crippen LogP) is 2.72. The van der Waals surface area contributed by atoms with E-state index in [2.05, 4.69) is 25.5 Å². The summed E-state index contributed by atoms with van der Waals surface area (Å²) in [6, 6.07) is 0. The molecule has 6 nitrogen and oxygen atoms in total. The molecule has 148 valence electrons. The highest BCUT2D eigenvalue weighted by atomic mass is 16.5. The van der Waals surface area contributed by atoms with Gasteiger partial charge < -0.3 is 25.5 Å². The summed E-state index contributed by atoms with van der Waals surface area (Å²) in [5.41, 5.74) is 0. The van der Waals surface area contributed by atoms with Gasteiger partial charge in [0, 0.05) is 27.2 Å². The second-order valence-electron chi connectivity index (χ2n) is 4.03. The number of hydrogen-bond acceptors (Lipinski definition) is 5. The Bertz CT molecular complexity index is 137. The van der Waals surface area contributed by atoms with Crippen LogP contribution in [0.4, 0.5) is 0 Å². The Morgan fingerprint density at radius 3 is 1.17 bits per heavy atom. The van der Waals surface area contributed by atoms with E-state index >= 15 is 0 Å². The minimum Gasteiger partial charge on any atom is -0.466 e. The van der Waals surface area contributed by atoms with E-state index < -0.39 is 0 Å². The highest BCUT2D eigenvalue weighted by Gasteiger charge is 1.81. The lowest BCUT2D eigenvalue weighted by molar-refractivity contribution is -0.140. The van der Waals surface area contributed by atoms with Gasteiger partial charge in [-0.25, -0.2) is 0 Å². The van der Waals surface area contributed by atoms with E-state index in [0.717, 1.165) is 20.0 Å². The van der Waals surface area contributed by atoms with Gasteiger partial charge in [0.05, 0.1) is 6.61 Å². The van der Waals surface area contributed by atoms with Crippen LogP contribution < -0.4 is 0 Å². The maximum Gasteiger partial charge on any atom is 0.302 e. The highest BCUT2D eigenvalue weighted by Crippen LogP contribution is 1.95. The van der Waals surface area contributed by atoms with Crippen LogP contribution >= 0.6 is 0 Å². The SMILES string of the molecule is CCCCCC.CCCCO.CCO.CCOC(C)=O.CO.O. The van der Waals surface area contributed by atoms with E-state index in [4.69, 9.17) is 15.3 Å². The van der Waals surface area contributed by atoms with Crippen LogP contribution in [-0.4, -0.2) is 53.7 Å². The Labute approximate surface area is 144 Å². The molecule has 0 atom stereocenters. The highest BCUT2D eigenvalue weighted by molar-refractivity contribution is 5.65. The lowest BCUT2D eigenvalue weighted by Gasteiger charge is -1.89. The largest absolute Gasteiger partial charge is 0.466 e. The van der Waals surface area contributed by atoms with Crippen molar-refractivity contribution in [2.45, 2.75) is 80.1 Å². The molecule has 23 heavy (non-hydrogen) atoms. The van der Waals surface area contributed by atoms with Gasteiger partial charge in [-0.05, 0) is 20.3 Å². The first-order chi connectivity index (χ1) is 10.5. The minimum atomic E-state index is -0.211. The van der Waals surface area contributed by atoms with E-state index in [1.807, 2.05) is 0 Å². The molecule has 0 fully saturated rings. The molecule has 0 saturated carbocycles. The molecule has 0 aromatic carbocycles. The quantitative estimate of drug-likeness (QED) is 0.505. The van der Waals surface area contributed by atoms with Crippen molar-refractivity contribution in [3.8, 4) is 0 Å². The molecule has 0 heterocycles. The lowest BCUT2D eigenvalue weighted by atomic mass is 10.2. The molecule has 0 unspecified atom stereocenters. The van der Waals surface area contributed by atoms with Crippen molar-refractivity contribution in [3.63, 3.8) is 0 Å². The predicted molar refractivity (Wildman–Crippen MR) is 98.6 cm³/mol. The number of aliphatic hydroxyl groups excluding tert-OH is 3. The van der Waals surface area contributed by atoms with Crippen molar-refractivity contribution in [2.24, 2.45) is 0 Å². The van der Waals surface area contributed by atoms with E-state index in [1.54, 1.807) is 13.8 Å². The van der Waals surface area contributed by atoms with E-state index in [9.17, 15) is 4.79 Å². The number of carbonyl (C=O) groups is 1. The number of carbonyl (C=O) groups excluding carboxylic acids is 1. The van der Waals surface area contributed by atoms with Gasteiger partial charge in [-0.15, -0.1) is 0 Å². The third-order valence-corrected chi connectivity index (χ3v) is 1.82. The minimum absolute atomic E-state index is 0. The average molecular weight is 345 g/mol. The first-order valence-corrected chi connectivity index (χ1v) is 8.31. The summed E-state index contributed by atoms with van der Waals surface area (Å²) in [7, 11) is 1.00. The zero-order valence-corrected chi connectivity index (χ0v) is 16.5. The fourth-order valence-electron chi connectivity index (χ4n) is 0.861. The zero-order valence-electron chi connectivity index (χ0n) is 16.5. The fraction of sp³-hybridized carbons (Fsp3) is 0.941. The van der Waals surface area contributed by atoms with Crippen molar-refractivity contribution in [1.82, 2.24) is 0 Å². The Morgan fingerprint density at radius 2 is 1.13 bits per heavy atom. The van der Waals surface area contributed by atoms with Gasteiger partial charge in [0.1, 0.15) is 0 Å². The van der Waals surface area contributed by atoms with Crippen molar-refractivity contribution in [3.05, 3.63) is 0 Å². The van der Waals surface area contributed by atoms with Gasteiger partial charge in [0.15, 0.2) is 0 Å². The van der Waals surface area contributed by atoms with Crippen LogP contribution in [-0.2, 0) is 9.53 Å². The normalized spacial score (nSPS) is 7.22. The van der Waals surface area contributed by atoms with Gasteiger partial charge in [0.2, 0.25) is 0 Å². The number of ether oxygens (including phenoxy) is 1. The Hall–Kier alpha value is -0.690. The summed E-state index contributed by atoms with van der Waals surface area (Å²) in [6.07, 6.45) is 7.57. The lowest BCUT2D eigenvalue weighted by Crippen LogP contribution is -1.95. The van der Waals surface area contributed by atoms with Crippen LogP contribution in [0.5, 0.6) is 0 Å². The van der Waals surface area contributed by atoms with Gasteiger partial charge in [-0.3, -0.25) is 4.79 Å². The number of rotatable bonds is 6. The molecule has 0 aliphatic carbocycles. The van der Waals surface area contributed by atoms with E-state index in [1.165, 1.54) is 32.6 Å². The summed E-state index contributed by atoms with van der Waals surface area (Å²) in [5, 5.41) is 22.6. The van der Waals surface area contributed by atoms with Crippen molar-refractivity contribution >= 4 is 5.97 Å². The molecule has 0 saturated heterocycles. The maximum absolute atomic E-state index is 9.82. The number of unbranched alkanes of at least 4 members (excludes halogenated alkanes) is 4. The molecule has 0 radical (unpaired) electrons. The summed E-state index contributed by atoms with van der Waals surface area (Å²) < 4.78 is 4.40. The van der Waals surface area contributed by atoms with Crippen LogP contribution in [0.15, 0.2) is 0 Å². The first-order valence-electron chi connectivity index (χ1n) is 8.31. The third-order valence-electron chi connectivity index (χ3n) is 1.82. The third kappa shape index (κ3) is 149. The van der Waals surface area contributed by atoms with Crippen LogP contribution in [0.25, 0.3) is 0 Å². The molecule has 0 aromatic rings. The molecule has 0 amide bonds. The smallest absolute Gasteiger partial charge is 0.302 e. The number of aliphatic hydroxyl groups is 3. The molecule has 0 aromatic heterocycles. The van der Waals surface area contributed by atoms with E-state index in [0.29, 0.717) is 13.2 Å². The van der Waals surface area contributed by atoms with Crippen molar-refractivity contribution < 1.29 is 30.3 Å². The van der Waals surface area contributed by atoms with Gasteiger partial charge in [0.25, 0.3) is 0 Å². The maximum atomic E-state index is 9.82. The Kier molecular flexibility index (Phi) is 96.1. The van der Waals surface area contributed by atoms with Gasteiger partial charge in [-0.2, -0.15) is 0 Å². The standard InChI is InChI=1S/C6H14.C4H8O2.C4H10O.C2H6O.CH4O.H2O/c1-3-5-6-4-2;1-3-6-4(2)5;1-2-3-4-5;1-2-3;1-2;/h3-6H2,1-2H3;3H2,1-2H3;5H,2-4H2,1H3;3H,2H2,1H3;2H,1H3;1H2. The van der Waals surface area contributed by atoms with Gasteiger partial charge in [-0.1, -0.05) is 52.9 Å². The average Bonchev–Trinajstić information content (AvgIpc) is 2.50. The molecule has 0 spiro atoms. The molecule has 0 rings (SSSR count). The van der Waals surface area contributed by atoms with Crippen molar-refractivity contribution in [1.29, 1.82) is 0 Å². The first kappa shape index (κ1) is 38.1. The van der Waals surface area contributed by atoms with Crippen LogP contribution in [0, 0.1) is 0 Å². The molecule has 0 aliphatic heterocycles. The van der Waals surface area contributed by atoms with Gasteiger partial charge >= 0.3 is 5.97 Å². The number of hydrogen-bond donors (Lipinski definition) is 3. The Morgan fingerprint density at radius 1 is 0.826 bits per heavy atom. The number of esters is 1. The Balaban J connectivity index is -0.0000000407. The second kappa shape index (κ2) is 58.0. The molecular formula is C17H44O6. The van der Waals surface area contributed by atoms with Crippen LogP contribution in [0.3, 0.4) is 0 Å². The second-order valence-corrected chi connectivity index (χ2v) is 4.03. The molecular weight excluding hydrogens is 300 g/mol. The molecule has 0 aliphatic rings. The summed E-state index contributed by atoms with van der Waals surface area (Å²) in [5.74, 6) is -0.211. The fourth-order valence-corrected chi connectivity index (χ4v) is 0.861. The topological polar surface area (TPSA) is 118 Å². The monoisotopic (exact) mass is 344 g/mol. The van der Waals surface area contributed by atoms with Crippen LogP contribution in [0.2, 0.25) is 0 Å². The molecule has 5 N–H and O–H groups in total. The molecule has 6 heteroatoms. The van der Waals surface area contributed by atoms with Crippen molar-refractivity contribution in [2.75, 3.05) is 26.9 Å². The molecule has 0 bridgehead atoms. The summed E-state index contributed by atoms with van der Waals surface area (Å²) in [4.78, 5) is 9.82. The summed E-state index contributed by atoms with van der Waals surface area (Å²) in [6.45, 7) is 12.4. The summed E-state index contributed by atoms with van der Waals surface area (Å²) >= 11 is 0.